The largest absolute Gasteiger partial charge is 0.460 e. The van der Waals surface area contributed by atoms with Gasteiger partial charge in [-0.1, -0.05) is 11.6 Å². The van der Waals surface area contributed by atoms with Crippen molar-refractivity contribution in [2.45, 2.75) is 39.9 Å². The molecule has 0 atom stereocenters. The van der Waals surface area contributed by atoms with Crippen LogP contribution in [0.25, 0.3) is 0 Å². The Bertz CT molecular complexity index is 812. The molecule has 0 aromatic heterocycles. The molecule has 0 spiro atoms. The van der Waals surface area contributed by atoms with E-state index in [0.29, 0.717) is 0 Å². The number of esters is 2. The second-order valence-electron chi connectivity index (χ2n) is 6.10. The fourth-order valence-corrected chi connectivity index (χ4v) is 2.49. The van der Waals surface area contributed by atoms with Crippen molar-refractivity contribution in [3.63, 3.8) is 0 Å². The molecule has 0 saturated heterocycles. The number of ether oxygens (including phenoxy) is 2. The lowest BCUT2D eigenvalue weighted by Gasteiger charge is -2.20. The van der Waals surface area contributed by atoms with E-state index in [2.05, 4.69) is 0 Å². The van der Waals surface area contributed by atoms with Crippen LogP contribution in [0, 0.1) is 0 Å². The Kier molecular flexibility index (Phi) is 5.82. The van der Waals surface area contributed by atoms with Gasteiger partial charge in [0.2, 0.25) is 0 Å². The molecule has 0 bridgehead atoms. The first kappa shape index (κ1) is 19.7. The number of hydrogen-bond acceptors (Lipinski definition) is 6. The Hall–Kier alpha value is -2.67. The summed E-state index contributed by atoms with van der Waals surface area (Å²) < 4.78 is 10.1. The minimum atomic E-state index is -0.980. The molecule has 0 fully saturated rings. The number of nitrogens with zero attached hydrogens (tertiary/aromatic N) is 1. The Labute approximate surface area is 155 Å². The van der Waals surface area contributed by atoms with Gasteiger partial charge in [-0.15, -0.1) is 0 Å². The number of hydrogen-bond donors (Lipinski definition) is 0. The van der Waals surface area contributed by atoms with Crippen LogP contribution in [0.3, 0.4) is 0 Å². The van der Waals surface area contributed by atoms with Crippen LogP contribution in [-0.4, -0.2) is 35.8 Å². The lowest BCUT2D eigenvalue weighted by atomic mass is 10.1. The third-order valence-corrected chi connectivity index (χ3v) is 3.48. The van der Waals surface area contributed by atoms with Crippen LogP contribution in [0.1, 0.15) is 38.1 Å². The number of Topliss-reactive ketones (excluding diaryl/α,β-unsaturated/α-hetero) is 1. The molecule has 0 aliphatic carbocycles. The number of ketones is 1. The molecule has 1 aromatic carbocycles. The highest BCUT2D eigenvalue weighted by Gasteiger charge is 2.41. The fourth-order valence-electron chi connectivity index (χ4n) is 2.32. The predicted molar refractivity (Wildman–Crippen MR) is 93.8 cm³/mol. The zero-order valence-electron chi connectivity index (χ0n) is 14.7. The van der Waals surface area contributed by atoms with Crippen LogP contribution in [0.5, 0.6) is 0 Å². The highest BCUT2D eigenvalue weighted by atomic mass is 35.5. The van der Waals surface area contributed by atoms with Gasteiger partial charge in [-0.25, -0.2) is 9.59 Å². The number of benzene rings is 1. The van der Waals surface area contributed by atoms with Gasteiger partial charge >= 0.3 is 17.8 Å². The molecule has 8 heteroatoms. The van der Waals surface area contributed by atoms with E-state index >= 15 is 0 Å². The zero-order chi connectivity index (χ0) is 19.6. The molecule has 1 aliphatic rings. The molecule has 138 valence electrons. The second kappa shape index (κ2) is 7.70. The zero-order valence-corrected chi connectivity index (χ0v) is 15.5. The molecule has 1 aliphatic heterocycles. The maximum Gasteiger partial charge on any atom is 0.355 e. The number of carbonyl (C=O) groups excluding carboxylic acids is 4. The molecule has 0 saturated carbocycles. The number of fused-ring (bicyclic) bond motifs is 1. The van der Waals surface area contributed by atoms with Gasteiger partial charge in [-0.05, 0) is 45.9 Å². The fraction of sp³-hybridized carbons (Fsp3) is 0.333. The quantitative estimate of drug-likeness (QED) is 0.444. The van der Waals surface area contributed by atoms with Crippen LogP contribution >= 0.6 is 11.6 Å². The topological polar surface area (TPSA) is 90.0 Å². The van der Waals surface area contributed by atoms with E-state index in [1.54, 1.807) is 27.7 Å². The minimum absolute atomic E-state index is 0.0444. The first-order chi connectivity index (χ1) is 12.1. The molecular weight excluding hydrogens is 362 g/mol. The first-order valence-corrected chi connectivity index (χ1v) is 8.31. The maximum atomic E-state index is 12.5. The van der Waals surface area contributed by atoms with Gasteiger partial charge < -0.3 is 9.47 Å². The van der Waals surface area contributed by atoms with Crippen LogP contribution in [-0.2, 0) is 23.9 Å². The summed E-state index contributed by atoms with van der Waals surface area (Å²) in [5.74, 6) is -3.57. The molecule has 0 N–H and O–H groups in total. The molecule has 0 radical (unpaired) electrons. The number of rotatable bonds is 5. The Morgan fingerprint density at radius 2 is 1.69 bits per heavy atom. The standard InChI is InChI=1S/C18H18ClNO6/c1-9(2)25-15(21)8-14(18(24)26-10(3)4)20-13-6-5-11(19)7-12(13)16(22)17(20)23/h5-10H,1-4H3/b14-8+. The second-order valence-corrected chi connectivity index (χ2v) is 6.54. The van der Waals surface area contributed by atoms with Crippen LogP contribution in [0.15, 0.2) is 30.0 Å². The van der Waals surface area contributed by atoms with Gasteiger partial charge in [0.1, 0.15) is 5.70 Å². The molecule has 1 amide bonds. The normalized spacial score (nSPS) is 14.1. The smallest absolute Gasteiger partial charge is 0.355 e. The third-order valence-electron chi connectivity index (χ3n) is 3.24. The van der Waals surface area contributed by atoms with Gasteiger partial charge in [-0.3, -0.25) is 14.5 Å². The van der Waals surface area contributed by atoms with Crippen LogP contribution in [0.2, 0.25) is 5.02 Å². The van der Waals surface area contributed by atoms with Gasteiger partial charge in [0.15, 0.2) is 0 Å². The maximum absolute atomic E-state index is 12.5. The van der Waals surface area contributed by atoms with Crippen molar-refractivity contribution in [3.8, 4) is 0 Å². The van der Waals surface area contributed by atoms with Crippen LogP contribution in [0.4, 0.5) is 5.69 Å². The van der Waals surface area contributed by atoms with E-state index in [4.69, 9.17) is 21.1 Å². The highest BCUT2D eigenvalue weighted by molar-refractivity contribution is 6.54. The number of carbonyl (C=O) groups is 4. The summed E-state index contributed by atoms with van der Waals surface area (Å²) in [7, 11) is 0. The molecule has 0 unspecified atom stereocenters. The Morgan fingerprint density at radius 3 is 2.27 bits per heavy atom. The summed E-state index contributed by atoms with van der Waals surface area (Å²) in [6.45, 7) is 6.51. The van der Waals surface area contributed by atoms with E-state index in [9.17, 15) is 19.2 Å². The molecule has 2 rings (SSSR count). The van der Waals surface area contributed by atoms with Gasteiger partial charge in [0.25, 0.3) is 5.78 Å². The average Bonchev–Trinajstić information content (AvgIpc) is 2.75. The summed E-state index contributed by atoms with van der Waals surface area (Å²) in [5, 5.41) is 0.265. The van der Waals surface area contributed by atoms with Gasteiger partial charge in [-0.2, -0.15) is 0 Å². The van der Waals surface area contributed by atoms with E-state index in [0.717, 1.165) is 11.0 Å². The van der Waals surface area contributed by atoms with Crippen LogP contribution < -0.4 is 4.90 Å². The van der Waals surface area contributed by atoms with Crippen molar-refractivity contribution < 1.29 is 28.7 Å². The van der Waals surface area contributed by atoms with E-state index < -0.39 is 41.5 Å². The average molecular weight is 380 g/mol. The number of amides is 1. The Morgan fingerprint density at radius 1 is 1.08 bits per heavy atom. The predicted octanol–water partition coefficient (Wildman–Crippen LogP) is 2.66. The van der Waals surface area contributed by atoms with Gasteiger partial charge in [0.05, 0.1) is 29.5 Å². The molecule has 7 nitrogen and oxygen atoms in total. The van der Waals surface area contributed by atoms with E-state index in [1.807, 2.05) is 0 Å². The van der Waals surface area contributed by atoms with Crippen molar-refractivity contribution in [2.75, 3.05) is 4.90 Å². The van der Waals surface area contributed by atoms with Crippen molar-refractivity contribution in [1.29, 1.82) is 0 Å². The lowest BCUT2D eigenvalue weighted by Crippen LogP contribution is -2.35. The first-order valence-electron chi connectivity index (χ1n) is 7.93. The van der Waals surface area contributed by atoms with E-state index in [-0.39, 0.29) is 16.3 Å². The monoisotopic (exact) mass is 379 g/mol. The van der Waals surface area contributed by atoms with Crippen molar-refractivity contribution in [3.05, 3.63) is 40.6 Å². The summed E-state index contributed by atoms with van der Waals surface area (Å²) >= 11 is 5.87. The number of anilines is 1. The van der Waals surface area contributed by atoms with Gasteiger partial charge in [0, 0.05) is 5.02 Å². The molecule has 1 heterocycles. The highest BCUT2D eigenvalue weighted by Crippen LogP contribution is 2.34. The molecule has 1 aromatic rings. The SMILES string of the molecule is CC(C)OC(=O)/C=C(\C(=O)OC(C)C)N1C(=O)C(=O)c2cc(Cl)ccc21. The van der Waals surface area contributed by atoms with Crippen molar-refractivity contribution in [2.24, 2.45) is 0 Å². The minimum Gasteiger partial charge on any atom is -0.460 e. The van der Waals surface area contributed by atoms with E-state index in [1.165, 1.54) is 18.2 Å². The summed E-state index contributed by atoms with van der Waals surface area (Å²) in [6.07, 6.45) is -0.0761. The summed E-state index contributed by atoms with van der Waals surface area (Å²) in [6, 6.07) is 4.22. The third kappa shape index (κ3) is 4.11. The number of halogens is 1. The molecule has 26 heavy (non-hydrogen) atoms. The summed E-state index contributed by atoms with van der Waals surface area (Å²) in [4.78, 5) is 50.0. The summed E-state index contributed by atoms with van der Waals surface area (Å²) in [5.41, 5.74) is -0.208. The van der Waals surface area contributed by atoms with Crippen molar-refractivity contribution in [1.82, 2.24) is 0 Å². The molecular formula is C18H18ClNO6. The Balaban J connectivity index is 2.54. The van der Waals surface area contributed by atoms with Crippen molar-refractivity contribution >= 4 is 40.9 Å². The lowest BCUT2D eigenvalue weighted by molar-refractivity contribution is -0.145.